The predicted molar refractivity (Wildman–Crippen MR) is 75.5 cm³/mol. The van der Waals surface area contributed by atoms with Crippen LogP contribution < -0.4 is 5.73 Å². The summed E-state index contributed by atoms with van der Waals surface area (Å²) >= 11 is 0. The summed E-state index contributed by atoms with van der Waals surface area (Å²) in [5.41, 5.74) is 5.49. The number of hydrogen-bond donors (Lipinski definition) is 1. The van der Waals surface area contributed by atoms with Crippen LogP contribution in [-0.2, 0) is 16.6 Å². The second-order valence-corrected chi connectivity index (χ2v) is 7.62. The Labute approximate surface area is 120 Å². The van der Waals surface area contributed by atoms with E-state index in [2.05, 4.69) is 0 Å². The first-order valence-electron chi connectivity index (χ1n) is 7.43. The van der Waals surface area contributed by atoms with Crippen LogP contribution in [0, 0.1) is 5.92 Å². The summed E-state index contributed by atoms with van der Waals surface area (Å²) < 4.78 is 32.6. The van der Waals surface area contributed by atoms with Crippen molar-refractivity contribution < 1.29 is 12.8 Å². The molecule has 1 aliphatic heterocycles. The smallest absolute Gasteiger partial charge is 0.276 e. The molecule has 2 atom stereocenters. The number of nitrogens with zero attached hydrogens (tertiary/aromatic N) is 1. The third kappa shape index (κ3) is 2.40. The van der Waals surface area contributed by atoms with Gasteiger partial charge in [0.05, 0.1) is 6.54 Å². The van der Waals surface area contributed by atoms with Gasteiger partial charge in [0.2, 0.25) is 5.09 Å². The van der Waals surface area contributed by atoms with Gasteiger partial charge in [-0.05, 0) is 43.7 Å². The monoisotopic (exact) mass is 298 g/mol. The van der Waals surface area contributed by atoms with Gasteiger partial charge in [-0.25, -0.2) is 8.42 Å². The molecule has 2 N–H and O–H groups in total. The molecule has 0 unspecified atom stereocenters. The van der Waals surface area contributed by atoms with Crippen LogP contribution in [-0.4, -0.2) is 25.3 Å². The predicted octanol–water partition coefficient (Wildman–Crippen LogP) is 2.08. The standard InChI is InChI=1S/C14H22N2O3S/c15-10-12-7-8-14(19-12)20(17,18)16-9-3-5-11-4-1-2-6-13(11)16/h7-8,11,13H,1-6,9-10,15H2/t11-,13-/m1/s1. The molecule has 0 radical (unpaired) electrons. The lowest BCUT2D eigenvalue weighted by Crippen LogP contribution is -2.49. The van der Waals surface area contributed by atoms with E-state index in [1.165, 1.54) is 12.5 Å². The summed E-state index contributed by atoms with van der Waals surface area (Å²) in [6, 6.07) is 3.34. The zero-order valence-electron chi connectivity index (χ0n) is 11.6. The van der Waals surface area contributed by atoms with Gasteiger partial charge in [0.1, 0.15) is 5.76 Å². The molecule has 0 spiro atoms. The van der Waals surface area contributed by atoms with Crippen molar-refractivity contribution in [3.05, 3.63) is 17.9 Å². The van der Waals surface area contributed by atoms with Gasteiger partial charge in [0.15, 0.2) is 0 Å². The van der Waals surface area contributed by atoms with Gasteiger partial charge >= 0.3 is 0 Å². The lowest BCUT2D eigenvalue weighted by molar-refractivity contribution is 0.127. The van der Waals surface area contributed by atoms with Gasteiger partial charge in [-0.2, -0.15) is 4.31 Å². The van der Waals surface area contributed by atoms with E-state index in [0.717, 1.165) is 32.1 Å². The highest BCUT2D eigenvalue weighted by Crippen LogP contribution is 2.38. The minimum absolute atomic E-state index is 0.0455. The first kappa shape index (κ1) is 14.1. The Bertz CT molecular complexity index is 565. The Morgan fingerprint density at radius 3 is 2.70 bits per heavy atom. The maximum atomic E-state index is 12.8. The van der Waals surface area contributed by atoms with Crippen molar-refractivity contribution in [1.82, 2.24) is 4.31 Å². The van der Waals surface area contributed by atoms with Gasteiger partial charge < -0.3 is 10.2 Å². The third-order valence-corrected chi connectivity index (χ3v) is 6.39. The lowest BCUT2D eigenvalue weighted by Gasteiger charge is -2.42. The fourth-order valence-electron chi connectivity index (χ4n) is 3.60. The SMILES string of the molecule is NCc1ccc(S(=O)(=O)N2CCC[C@H]3CCCC[C@H]32)o1. The summed E-state index contributed by atoms with van der Waals surface area (Å²) in [4.78, 5) is 0. The summed E-state index contributed by atoms with van der Waals surface area (Å²) in [5.74, 6) is 1.04. The number of furan rings is 1. The maximum Gasteiger partial charge on any atom is 0.276 e. The summed E-state index contributed by atoms with van der Waals surface area (Å²) in [5, 5.41) is 0.0455. The quantitative estimate of drug-likeness (QED) is 0.927. The highest BCUT2D eigenvalue weighted by molar-refractivity contribution is 7.89. The highest BCUT2D eigenvalue weighted by Gasteiger charge is 2.41. The van der Waals surface area contributed by atoms with Crippen LogP contribution in [0.3, 0.4) is 0 Å². The van der Waals surface area contributed by atoms with E-state index in [9.17, 15) is 8.42 Å². The fourth-order valence-corrected chi connectivity index (χ4v) is 5.29. The molecule has 3 rings (SSSR count). The highest BCUT2D eigenvalue weighted by atomic mass is 32.2. The largest absolute Gasteiger partial charge is 0.447 e. The van der Waals surface area contributed by atoms with Gasteiger partial charge in [-0.3, -0.25) is 0 Å². The Morgan fingerprint density at radius 2 is 1.95 bits per heavy atom. The number of fused-ring (bicyclic) bond motifs is 1. The van der Waals surface area contributed by atoms with Crippen molar-refractivity contribution in [2.24, 2.45) is 11.7 Å². The normalized spacial score (nSPS) is 28.2. The molecule has 1 saturated heterocycles. The molecule has 1 aromatic rings. The maximum absolute atomic E-state index is 12.8. The minimum Gasteiger partial charge on any atom is -0.447 e. The van der Waals surface area contributed by atoms with Crippen LogP contribution in [0.4, 0.5) is 0 Å². The Kier molecular flexibility index (Phi) is 3.88. The summed E-state index contributed by atoms with van der Waals surface area (Å²) in [7, 11) is -3.51. The fraction of sp³-hybridized carbons (Fsp3) is 0.714. The van der Waals surface area contributed by atoms with Crippen molar-refractivity contribution in [1.29, 1.82) is 0 Å². The van der Waals surface area contributed by atoms with E-state index < -0.39 is 10.0 Å². The average Bonchev–Trinajstić information content (AvgIpc) is 2.96. The van der Waals surface area contributed by atoms with E-state index in [-0.39, 0.29) is 17.7 Å². The molecule has 1 saturated carbocycles. The zero-order valence-corrected chi connectivity index (χ0v) is 12.4. The van der Waals surface area contributed by atoms with Crippen LogP contribution in [0.1, 0.15) is 44.3 Å². The molecule has 1 aromatic heterocycles. The molecule has 6 heteroatoms. The van der Waals surface area contributed by atoms with Crippen molar-refractivity contribution in [2.75, 3.05) is 6.54 Å². The molecule has 5 nitrogen and oxygen atoms in total. The van der Waals surface area contributed by atoms with Crippen LogP contribution in [0.25, 0.3) is 0 Å². The minimum atomic E-state index is -3.51. The molecule has 112 valence electrons. The number of rotatable bonds is 3. The molecule has 1 aliphatic carbocycles. The van der Waals surface area contributed by atoms with E-state index in [4.69, 9.17) is 10.2 Å². The average molecular weight is 298 g/mol. The number of hydrogen-bond acceptors (Lipinski definition) is 4. The van der Waals surface area contributed by atoms with Crippen LogP contribution in [0.5, 0.6) is 0 Å². The van der Waals surface area contributed by atoms with Crippen LogP contribution >= 0.6 is 0 Å². The van der Waals surface area contributed by atoms with E-state index in [1.54, 1.807) is 10.4 Å². The Hall–Kier alpha value is -0.850. The van der Waals surface area contributed by atoms with Crippen molar-refractivity contribution in [3.8, 4) is 0 Å². The molecule has 20 heavy (non-hydrogen) atoms. The Morgan fingerprint density at radius 1 is 1.20 bits per heavy atom. The molecule has 2 heterocycles. The first-order chi connectivity index (χ1) is 9.63. The topological polar surface area (TPSA) is 76.5 Å². The summed E-state index contributed by atoms with van der Waals surface area (Å²) in [6.07, 6.45) is 6.59. The molecule has 0 amide bonds. The number of sulfonamides is 1. The van der Waals surface area contributed by atoms with Crippen LogP contribution in [0.15, 0.2) is 21.6 Å². The van der Waals surface area contributed by atoms with Gasteiger partial charge in [0.25, 0.3) is 10.0 Å². The zero-order chi connectivity index (χ0) is 14.2. The molecule has 2 aliphatic rings. The lowest BCUT2D eigenvalue weighted by atomic mass is 9.79. The van der Waals surface area contributed by atoms with Gasteiger partial charge in [-0.15, -0.1) is 0 Å². The van der Waals surface area contributed by atoms with Crippen molar-refractivity contribution in [3.63, 3.8) is 0 Å². The molecule has 2 fully saturated rings. The second-order valence-electron chi connectivity index (χ2n) is 5.79. The summed E-state index contributed by atoms with van der Waals surface area (Å²) in [6.45, 7) is 0.837. The van der Waals surface area contributed by atoms with Crippen molar-refractivity contribution in [2.45, 2.75) is 56.2 Å². The van der Waals surface area contributed by atoms with Gasteiger partial charge in [0, 0.05) is 12.6 Å². The Balaban J connectivity index is 1.89. The van der Waals surface area contributed by atoms with E-state index >= 15 is 0 Å². The number of piperidine rings is 1. The number of nitrogens with two attached hydrogens (primary N) is 1. The van der Waals surface area contributed by atoms with Gasteiger partial charge in [-0.1, -0.05) is 12.8 Å². The molecular weight excluding hydrogens is 276 g/mol. The molecular formula is C14H22N2O3S. The van der Waals surface area contributed by atoms with E-state index in [0.29, 0.717) is 18.2 Å². The van der Waals surface area contributed by atoms with E-state index in [1.807, 2.05) is 0 Å². The molecule has 0 bridgehead atoms. The first-order valence-corrected chi connectivity index (χ1v) is 8.87. The third-order valence-electron chi connectivity index (χ3n) is 4.59. The van der Waals surface area contributed by atoms with Crippen molar-refractivity contribution >= 4 is 10.0 Å². The van der Waals surface area contributed by atoms with Crippen LogP contribution in [0.2, 0.25) is 0 Å². The second kappa shape index (κ2) is 5.50. The molecule has 0 aromatic carbocycles.